The summed E-state index contributed by atoms with van der Waals surface area (Å²) < 4.78 is 0. The van der Waals surface area contributed by atoms with E-state index in [1.54, 1.807) is 11.3 Å². The largest absolute Gasteiger partial charge is 0.348 e. The van der Waals surface area contributed by atoms with Gasteiger partial charge in [0.15, 0.2) is 0 Å². The van der Waals surface area contributed by atoms with E-state index in [2.05, 4.69) is 5.32 Å². The molecule has 5 nitrogen and oxygen atoms in total. The predicted molar refractivity (Wildman–Crippen MR) is 101 cm³/mol. The Labute approximate surface area is 157 Å². The lowest BCUT2D eigenvalue weighted by Crippen LogP contribution is -2.35. The predicted octanol–water partition coefficient (Wildman–Crippen LogP) is 3.00. The number of carbonyl (C=O) groups excluding carboxylic acids is 3. The zero-order valence-electron chi connectivity index (χ0n) is 14.7. The van der Waals surface area contributed by atoms with Crippen molar-refractivity contribution in [2.75, 3.05) is 6.54 Å². The van der Waals surface area contributed by atoms with Crippen molar-refractivity contribution in [3.8, 4) is 0 Å². The number of hydrogen-bond acceptors (Lipinski definition) is 4. The minimum absolute atomic E-state index is 0.116. The number of benzene rings is 1. The van der Waals surface area contributed by atoms with E-state index in [4.69, 9.17) is 0 Å². The fourth-order valence-corrected chi connectivity index (χ4v) is 4.13. The Morgan fingerprint density at radius 1 is 1.15 bits per heavy atom. The van der Waals surface area contributed by atoms with Crippen LogP contribution in [0.5, 0.6) is 0 Å². The molecule has 1 atom stereocenters. The number of thiophene rings is 1. The summed E-state index contributed by atoms with van der Waals surface area (Å²) in [6.45, 7) is 2.20. The molecule has 0 radical (unpaired) electrons. The first kappa shape index (κ1) is 18.3. The first-order valence-corrected chi connectivity index (χ1v) is 9.63. The second-order valence-electron chi connectivity index (χ2n) is 6.47. The third kappa shape index (κ3) is 4.38. The van der Waals surface area contributed by atoms with Crippen LogP contribution in [0.2, 0.25) is 0 Å². The molecule has 1 aliphatic heterocycles. The molecule has 2 heterocycles. The molecule has 1 aliphatic rings. The quantitative estimate of drug-likeness (QED) is 0.762. The Hall–Kier alpha value is -2.47. The van der Waals surface area contributed by atoms with Crippen LogP contribution in [0.3, 0.4) is 0 Å². The number of aryl methyl sites for hydroxylation is 1. The maximum absolute atomic E-state index is 12.5. The molecule has 0 aliphatic carbocycles. The highest BCUT2D eigenvalue weighted by atomic mass is 32.1. The lowest BCUT2D eigenvalue weighted by molar-refractivity contribution is -0.138. The third-order valence-corrected chi connectivity index (χ3v) is 5.69. The van der Waals surface area contributed by atoms with E-state index in [1.807, 2.05) is 48.7 Å². The van der Waals surface area contributed by atoms with Crippen molar-refractivity contribution < 1.29 is 14.4 Å². The van der Waals surface area contributed by atoms with Crippen molar-refractivity contribution in [3.63, 3.8) is 0 Å². The SMILES string of the molecule is Cc1ccsc1C(Cc1ccccc1)NC(=O)CCN1C(=O)CCC1=O. The molecular formula is C20H22N2O3S. The lowest BCUT2D eigenvalue weighted by atomic mass is 10.0. The van der Waals surface area contributed by atoms with Gasteiger partial charge in [0.05, 0.1) is 6.04 Å². The number of rotatable bonds is 7. The van der Waals surface area contributed by atoms with Crippen molar-refractivity contribution in [1.29, 1.82) is 0 Å². The van der Waals surface area contributed by atoms with Gasteiger partial charge in [-0.15, -0.1) is 11.3 Å². The molecule has 3 rings (SSSR count). The summed E-state index contributed by atoms with van der Waals surface area (Å²) in [6.07, 6.45) is 1.35. The molecule has 1 unspecified atom stereocenters. The highest BCUT2D eigenvalue weighted by molar-refractivity contribution is 7.10. The van der Waals surface area contributed by atoms with E-state index in [0.29, 0.717) is 6.42 Å². The van der Waals surface area contributed by atoms with Gasteiger partial charge in [-0.05, 0) is 35.9 Å². The second kappa shape index (κ2) is 8.27. The zero-order valence-corrected chi connectivity index (χ0v) is 15.6. The van der Waals surface area contributed by atoms with Crippen LogP contribution in [-0.2, 0) is 20.8 Å². The highest BCUT2D eigenvalue weighted by Crippen LogP contribution is 2.27. The summed E-state index contributed by atoms with van der Waals surface area (Å²) in [6, 6.07) is 12.0. The summed E-state index contributed by atoms with van der Waals surface area (Å²) in [5, 5.41) is 5.11. The molecule has 1 aromatic heterocycles. The van der Waals surface area contributed by atoms with E-state index in [1.165, 1.54) is 4.90 Å². The van der Waals surface area contributed by atoms with E-state index < -0.39 is 0 Å². The number of amides is 3. The van der Waals surface area contributed by atoms with Crippen LogP contribution >= 0.6 is 11.3 Å². The average molecular weight is 370 g/mol. The van der Waals surface area contributed by atoms with Crippen LogP contribution in [0, 0.1) is 6.92 Å². The molecule has 2 aromatic rings. The first-order chi connectivity index (χ1) is 12.5. The summed E-state index contributed by atoms with van der Waals surface area (Å²) >= 11 is 1.63. The third-order valence-electron chi connectivity index (χ3n) is 4.55. The van der Waals surface area contributed by atoms with Crippen LogP contribution < -0.4 is 5.32 Å². The molecule has 1 N–H and O–H groups in total. The van der Waals surface area contributed by atoms with Gasteiger partial charge in [0.2, 0.25) is 17.7 Å². The molecule has 0 spiro atoms. The fraction of sp³-hybridized carbons (Fsp3) is 0.350. The van der Waals surface area contributed by atoms with Gasteiger partial charge >= 0.3 is 0 Å². The van der Waals surface area contributed by atoms with Crippen molar-refractivity contribution in [1.82, 2.24) is 10.2 Å². The number of hydrogen-bond donors (Lipinski definition) is 1. The monoisotopic (exact) mass is 370 g/mol. The normalized spacial score (nSPS) is 15.3. The Morgan fingerprint density at radius 2 is 1.85 bits per heavy atom. The van der Waals surface area contributed by atoms with Gasteiger partial charge in [-0.2, -0.15) is 0 Å². The topological polar surface area (TPSA) is 66.5 Å². The van der Waals surface area contributed by atoms with Gasteiger partial charge in [0.1, 0.15) is 0 Å². The maximum Gasteiger partial charge on any atom is 0.229 e. The van der Waals surface area contributed by atoms with Crippen LogP contribution in [0.1, 0.15) is 41.3 Å². The summed E-state index contributed by atoms with van der Waals surface area (Å²) in [5.41, 5.74) is 2.30. The van der Waals surface area contributed by atoms with Crippen molar-refractivity contribution >= 4 is 29.1 Å². The van der Waals surface area contributed by atoms with Gasteiger partial charge in [0, 0.05) is 30.7 Å². The van der Waals surface area contributed by atoms with Crippen LogP contribution in [0.15, 0.2) is 41.8 Å². The number of nitrogens with zero attached hydrogens (tertiary/aromatic N) is 1. The molecule has 26 heavy (non-hydrogen) atoms. The number of likely N-dealkylation sites (tertiary alicyclic amines) is 1. The second-order valence-corrected chi connectivity index (χ2v) is 7.41. The summed E-state index contributed by atoms with van der Waals surface area (Å²) in [5.74, 6) is -0.512. The molecule has 0 saturated carbocycles. The molecule has 0 bridgehead atoms. The Kier molecular flexibility index (Phi) is 5.83. The Morgan fingerprint density at radius 3 is 2.46 bits per heavy atom. The van der Waals surface area contributed by atoms with Gasteiger partial charge in [-0.25, -0.2) is 0 Å². The number of imide groups is 1. The minimum atomic E-state index is -0.183. The van der Waals surface area contributed by atoms with Crippen LogP contribution in [-0.4, -0.2) is 29.2 Å². The lowest BCUT2D eigenvalue weighted by Gasteiger charge is -2.20. The van der Waals surface area contributed by atoms with Crippen molar-refractivity contribution in [2.45, 2.75) is 38.6 Å². The smallest absolute Gasteiger partial charge is 0.229 e. The van der Waals surface area contributed by atoms with E-state index in [-0.39, 0.29) is 49.6 Å². The molecule has 1 saturated heterocycles. The first-order valence-electron chi connectivity index (χ1n) is 8.75. The fourth-order valence-electron chi connectivity index (χ4n) is 3.15. The molecule has 1 aromatic carbocycles. The summed E-state index contributed by atoms with van der Waals surface area (Å²) in [7, 11) is 0. The summed E-state index contributed by atoms with van der Waals surface area (Å²) in [4.78, 5) is 38.1. The van der Waals surface area contributed by atoms with Crippen LogP contribution in [0.4, 0.5) is 0 Å². The molecular weight excluding hydrogens is 348 g/mol. The zero-order chi connectivity index (χ0) is 18.5. The molecule has 136 valence electrons. The van der Waals surface area contributed by atoms with Gasteiger partial charge in [-0.1, -0.05) is 30.3 Å². The van der Waals surface area contributed by atoms with E-state index in [0.717, 1.165) is 16.0 Å². The van der Waals surface area contributed by atoms with Crippen molar-refractivity contribution in [2.24, 2.45) is 0 Å². The van der Waals surface area contributed by atoms with Gasteiger partial charge in [-0.3, -0.25) is 19.3 Å². The van der Waals surface area contributed by atoms with Crippen LogP contribution in [0.25, 0.3) is 0 Å². The van der Waals surface area contributed by atoms with Crippen molar-refractivity contribution in [3.05, 3.63) is 57.8 Å². The Bertz CT molecular complexity index is 784. The Balaban J connectivity index is 1.65. The molecule has 6 heteroatoms. The number of carbonyl (C=O) groups is 3. The van der Waals surface area contributed by atoms with E-state index in [9.17, 15) is 14.4 Å². The standard InChI is InChI=1S/C20H22N2O3S/c1-14-10-12-26-20(14)16(13-15-5-3-2-4-6-15)21-17(23)9-11-22-18(24)7-8-19(22)25/h2-6,10,12,16H,7-9,11,13H2,1H3,(H,21,23). The van der Waals surface area contributed by atoms with Gasteiger partial charge < -0.3 is 5.32 Å². The maximum atomic E-state index is 12.5. The van der Waals surface area contributed by atoms with Gasteiger partial charge in [0.25, 0.3) is 0 Å². The highest BCUT2D eigenvalue weighted by Gasteiger charge is 2.29. The molecule has 3 amide bonds. The van der Waals surface area contributed by atoms with E-state index >= 15 is 0 Å². The minimum Gasteiger partial charge on any atom is -0.348 e. The number of nitrogens with one attached hydrogen (secondary N) is 1. The average Bonchev–Trinajstić information content (AvgIpc) is 3.19. The molecule has 1 fully saturated rings.